The van der Waals surface area contributed by atoms with Crippen LogP contribution in [0.2, 0.25) is 0 Å². The van der Waals surface area contributed by atoms with E-state index in [4.69, 9.17) is 4.74 Å². The van der Waals surface area contributed by atoms with Crippen LogP contribution in [0.25, 0.3) is 0 Å². The number of halogens is 1. The maximum Gasteiger partial charge on any atom is 0.276 e. The maximum absolute atomic E-state index is 11.0. The van der Waals surface area contributed by atoms with Crippen molar-refractivity contribution in [1.29, 1.82) is 0 Å². The largest absolute Gasteiger partial charge is 0.437 e. The summed E-state index contributed by atoms with van der Waals surface area (Å²) < 4.78 is 6.39. The van der Waals surface area contributed by atoms with E-state index in [1.54, 1.807) is 19.2 Å². The van der Waals surface area contributed by atoms with Crippen LogP contribution in [0.3, 0.4) is 0 Å². The number of rotatable bonds is 3. The Labute approximate surface area is 124 Å². The van der Waals surface area contributed by atoms with E-state index < -0.39 is 4.92 Å². The molecule has 2 rings (SSSR count). The lowest BCUT2D eigenvalue weighted by Crippen LogP contribution is -1.97. The van der Waals surface area contributed by atoms with Crippen molar-refractivity contribution in [3.05, 3.63) is 55.7 Å². The molecule has 0 N–H and O–H groups in total. The third-order valence-electron chi connectivity index (χ3n) is 2.84. The number of nitrogens with zero attached hydrogens (tertiary/aromatic N) is 2. The fraction of sp³-hybridized carbons (Fsp3) is 0.214. The zero-order chi connectivity index (χ0) is 14.9. The number of ether oxygens (including phenoxy) is 1. The number of hydrogen-bond donors (Lipinski definition) is 0. The van der Waals surface area contributed by atoms with Crippen molar-refractivity contribution in [3.8, 4) is 11.6 Å². The number of nitro benzene ring substituents is 1. The molecule has 2 aromatic rings. The van der Waals surface area contributed by atoms with Crippen molar-refractivity contribution in [3.63, 3.8) is 0 Å². The molecule has 20 heavy (non-hydrogen) atoms. The molecule has 0 saturated carbocycles. The molecule has 5 nitrogen and oxygen atoms in total. The van der Waals surface area contributed by atoms with Gasteiger partial charge in [-0.3, -0.25) is 10.1 Å². The summed E-state index contributed by atoms with van der Waals surface area (Å²) in [6, 6.07) is 5.04. The first-order chi connectivity index (χ1) is 9.38. The highest BCUT2D eigenvalue weighted by Gasteiger charge is 2.16. The standard InChI is InChI=1S/C14H13BrN2O3/c1-8-4-11(15)14(16-7-8)20-13-6-12(17(18)19)9(2)5-10(13)3/h4-7H,1-3H3. The minimum atomic E-state index is -0.417. The Morgan fingerprint density at radius 1 is 1.20 bits per heavy atom. The van der Waals surface area contributed by atoms with Crippen molar-refractivity contribution in [2.45, 2.75) is 20.8 Å². The average Bonchev–Trinajstić information content (AvgIpc) is 2.35. The molecule has 0 unspecified atom stereocenters. The van der Waals surface area contributed by atoms with Crippen LogP contribution in [0.4, 0.5) is 5.69 Å². The van der Waals surface area contributed by atoms with E-state index in [1.807, 2.05) is 19.9 Å². The molecule has 0 aliphatic carbocycles. The molecule has 0 fully saturated rings. The van der Waals surface area contributed by atoms with Crippen molar-refractivity contribution in [2.75, 3.05) is 0 Å². The lowest BCUT2D eigenvalue weighted by atomic mass is 10.1. The zero-order valence-electron chi connectivity index (χ0n) is 11.3. The monoisotopic (exact) mass is 336 g/mol. The van der Waals surface area contributed by atoms with E-state index in [9.17, 15) is 10.1 Å². The molecule has 0 spiro atoms. The number of benzene rings is 1. The Balaban J connectivity index is 2.43. The van der Waals surface area contributed by atoms with Crippen LogP contribution >= 0.6 is 15.9 Å². The average molecular weight is 337 g/mol. The molecule has 0 bridgehead atoms. The summed E-state index contributed by atoms with van der Waals surface area (Å²) in [6.45, 7) is 5.46. The van der Waals surface area contributed by atoms with Crippen LogP contribution in [-0.4, -0.2) is 9.91 Å². The van der Waals surface area contributed by atoms with Crippen LogP contribution in [0.15, 0.2) is 28.9 Å². The van der Waals surface area contributed by atoms with Gasteiger partial charge in [-0.1, -0.05) is 0 Å². The minimum Gasteiger partial charge on any atom is -0.437 e. The van der Waals surface area contributed by atoms with Gasteiger partial charge in [-0.2, -0.15) is 0 Å². The summed E-state index contributed by atoms with van der Waals surface area (Å²) in [4.78, 5) is 14.7. The molecule has 1 aromatic carbocycles. The van der Waals surface area contributed by atoms with Crippen LogP contribution in [0.1, 0.15) is 16.7 Å². The van der Waals surface area contributed by atoms with Gasteiger partial charge >= 0.3 is 0 Å². The molecule has 0 radical (unpaired) electrons. The highest BCUT2D eigenvalue weighted by atomic mass is 79.9. The summed E-state index contributed by atoms with van der Waals surface area (Å²) in [5.41, 5.74) is 2.46. The predicted octanol–water partition coefficient (Wildman–Crippen LogP) is 4.47. The van der Waals surface area contributed by atoms with Crippen molar-refractivity contribution in [2.24, 2.45) is 0 Å². The quantitative estimate of drug-likeness (QED) is 0.612. The molecular weight excluding hydrogens is 324 g/mol. The number of pyridine rings is 1. The molecule has 104 valence electrons. The normalized spacial score (nSPS) is 10.4. The van der Waals surface area contributed by atoms with Crippen molar-refractivity contribution < 1.29 is 9.66 Å². The van der Waals surface area contributed by atoms with Crippen LogP contribution < -0.4 is 4.74 Å². The highest BCUT2D eigenvalue weighted by molar-refractivity contribution is 9.10. The zero-order valence-corrected chi connectivity index (χ0v) is 12.9. The van der Waals surface area contributed by atoms with Gasteiger partial charge in [-0.05, 0) is 60.0 Å². The molecular formula is C14H13BrN2O3. The lowest BCUT2D eigenvalue weighted by molar-refractivity contribution is -0.385. The van der Waals surface area contributed by atoms with E-state index >= 15 is 0 Å². The molecule has 0 aliphatic heterocycles. The van der Waals surface area contributed by atoms with Gasteiger partial charge in [-0.25, -0.2) is 4.98 Å². The number of hydrogen-bond acceptors (Lipinski definition) is 4. The first-order valence-corrected chi connectivity index (χ1v) is 6.73. The predicted molar refractivity (Wildman–Crippen MR) is 79.3 cm³/mol. The van der Waals surface area contributed by atoms with Gasteiger partial charge in [-0.15, -0.1) is 0 Å². The van der Waals surface area contributed by atoms with E-state index in [-0.39, 0.29) is 5.69 Å². The third-order valence-corrected chi connectivity index (χ3v) is 3.41. The second-order valence-corrected chi connectivity index (χ2v) is 5.42. The van der Waals surface area contributed by atoms with Gasteiger partial charge in [0.25, 0.3) is 5.69 Å². The Bertz CT molecular complexity index is 686. The molecule has 1 aromatic heterocycles. The van der Waals surface area contributed by atoms with Gasteiger partial charge < -0.3 is 4.74 Å². The molecule has 1 heterocycles. The molecule has 0 atom stereocenters. The van der Waals surface area contributed by atoms with Gasteiger partial charge in [0.15, 0.2) is 0 Å². The van der Waals surface area contributed by atoms with Gasteiger partial charge in [0.05, 0.1) is 15.5 Å². The second-order valence-electron chi connectivity index (χ2n) is 4.56. The molecule has 0 amide bonds. The summed E-state index contributed by atoms with van der Waals surface area (Å²) in [5, 5.41) is 11.0. The van der Waals surface area contributed by atoms with E-state index in [1.165, 1.54) is 6.07 Å². The van der Waals surface area contributed by atoms with Crippen LogP contribution in [0.5, 0.6) is 11.6 Å². The van der Waals surface area contributed by atoms with Crippen LogP contribution in [0, 0.1) is 30.9 Å². The summed E-state index contributed by atoms with van der Waals surface area (Å²) >= 11 is 3.37. The minimum absolute atomic E-state index is 0.0360. The van der Waals surface area contributed by atoms with Crippen molar-refractivity contribution >= 4 is 21.6 Å². The fourth-order valence-corrected chi connectivity index (χ4v) is 2.37. The van der Waals surface area contributed by atoms with Crippen molar-refractivity contribution in [1.82, 2.24) is 4.98 Å². The van der Waals surface area contributed by atoms with Crippen LogP contribution in [-0.2, 0) is 0 Å². The summed E-state index contributed by atoms with van der Waals surface area (Å²) in [5.74, 6) is 0.816. The summed E-state index contributed by atoms with van der Waals surface area (Å²) in [7, 11) is 0. The first kappa shape index (κ1) is 14.5. The Hall–Kier alpha value is -1.95. The Morgan fingerprint density at radius 3 is 2.50 bits per heavy atom. The number of aromatic nitrogens is 1. The van der Waals surface area contributed by atoms with E-state index in [0.717, 1.165) is 11.1 Å². The maximum atomic E-state index is 11.0. The topological polar surface area (TPSA) is 65.3 Å². The summed E-state index contributed by atoms with van der Waals surface area (Å²) in [6.07, 6.45) is 1.68. The first-order valence-electron chi connectivity index (χ1n) is 5.94. The fourth-order valence-electron chi connectivity index (χ4n) is 1.83. The Morgan fingerprint density at radius 2 is 1.90 bits per heavy atom. The lowest BCUT2D eigenvalue weighted by Gasteiger charge is -2.10. The molecule has 6 heteroatoms. The second kappa shape index (κ2) is 5.58. The van der Waals surface area contributed by atoms with Gasteiger partial charge in [0.1, 0.15) is 5.75 Å². The SMILES string of the molecule is Cc1cnc(Oc2cc([N+](=O)[O-])c(C)cc2C)c(Br)c1. The van der Waals surface area contributed by atoms with Gasteiger partial charge in [0.2, 0.25) is 5.88 Å². The Kier molecular flexibility index (Phi) is 4.04. The van der Waals surface area contributed by atoms with E-state index in [0.29, 0.717) is 21.7 Å². The van der Waals surface area contributed by atoms with Gasteiger partial charge in [0, 0.05) is 11.8 Å². The van der Waals surface area contributed by atoms with E-state index in [2.05, 4.69) is 20.9 Å². The number of aryl methyl sites for hydroxylation is 3. The smallest absolute Gasteiger partial charge is 0.276 e. The number of nitro groups is 1. The molecule has 0 saturated heterocycles. The third kappa shape index (κ3) is 2.96. The molecule has 0 aliphatic rings. The highest BCUT2D eigenvalue weighted by Crippen LogP contribution is 2.33.